The standard InChI is InChI=1S/C10H7NO4S/c12-9-5-7(10(13)11-9)6-3-1-2-4-8(6)16(14)15/h1-6H,(H,11,12,13). The van der Waals surface area contributed by atoms with Gasteiger partial charge in [-0.2, -0.15) is 8.42 Å². The van der Waals surface area contributed by atoms with Gasteiger partial charge in [0.05, 0.1) is 4.86 Å². The van der Waals surface area contributed by atoms with Crippen molar-refractivity contribution in [2.24, 2.45) is 5.92 Å². The van der Waals surface area contributed by atoms with E-state index in [0.717, 1.165) is 6.08 Å². The minimum atomic E-state index is -2.41. The lowest BCUT2D eigenvalue weighted by atomic mass is 9.92. The van der Waals surface area contributed by atoms with Crippen molar-refractivity contribution in [3.05, 3.63) is 36.0 Å². The number of carbonyl (C=O) groups is 2. The van der Waals surface area contributed by atoms with Crippen LogP contribution < -0.4 is 5.32 Å². The quantitative estimate of drug-likeness (QED) is 0.486. The Morgan fingerprint density at radius 2 is 1.94 bits per heavy atom. The van der Waals surface area contributed by atoms with Crippen molar-refractivity contribution >= 4 is 27.0 Å². The molecule has 1 atom stereocenters. The van der Waals surface area contributed by atoms with Gasteiger partial charge >= 0.3 is 0 Å². The van der Waals surface area contributed by atoms with Gasteiger partial charge in [0.1, 0.15) is 0 Å². The van der Waals surface area contributed by atoms with Crippen molar-refractivity contribution < 1.29 is 18.0 Å². The van der Waals surface area contributed by atoms with Crippen molar-refractivity contribution in [1.29, 1.82) is 0 Å². The average Bonchev–Trinajstić information content (AvgIpc) is 2.57. The summed E-state index contributed by atoms with van der Waals surface area (Å²) in [4.78, 5) is 22.4. The third kappa shape index (κ3) is 1.74. The highest BCUT2D eigenvalue weighted by Crippen LogP contribution is 2.21. The lowest BCUT2D eigenvalue weighted by Crippen LogP contribution is -2.26. The smallest absolute Gasteiger partial charge is 0.255 e. The van der Waals surface area contributed by atoms with Crippen LogP contribution in [0.3, 0.4) is 0 Å². The van der Waals surface area contributed by atoms with Crippen LogP contribution in [0, 0.1) is 5.92 Å². The zero-order valence-electron chi connectivity index (χ0n) is 8.01. The molecule has 0 saturated heterocycles. The first kappa shape index (κ1) is 10.6. The second-order valence-electron chi connectivity index (χ2n) is 3.28. The fraction of sp³-hybridized carbons (Fsp3) is 0.100. The molecule has 0 bridgehead atoms. The maximum Gasteiger partial charge on any atom is 0.255 e. The number of carbonyl (C=O) groups excluding carboxylic acids is 2. The fourth-order valence-electron chi connectivity index (χ4n) is 1.60. The third-order valence-electron chi connectivity index (χ3n) is 2.29. The predicted octanol–water partition coefficient (Wildman–Crippen LogP) is -0.637. The third-order valence-corrected chi connectivity index (χ3v) is 3.07. The van der Waals surface area contributed by atoms with Crippen LogP contribution in [0.25, 0.3) is 0 Å². The molecule has 1 aliphatic heterocycles. The van der Waals surface area contributed by atoms with E-state index >= 15 is 0 Å². The second-order valence-corrected chi connectivity index (χ2v) is 4.22. The van der Waals surface area contributed by atoms with Crippen molar-refractivity contribution in [3.63, 3.8) is 0 Å². The number of amides is 2. The normalized spacial score (nSPS) is 23.4. The Morgan fingerprint density at radius 1 is 1.19 bits per heavy atom. The molecular weight excluding hydrogens is 230 g/mol. The van der Waals surface area contributed by atoms with Crippen molar-refractivity contribution in [1.82, 2.24) is 5.32 Å². The fourth-order valence-corrected chi connectivity index (χ4v) is 2.20. The Balaban J connectivity index is 2.49. The van der Waals surface area contributed by atoms with Crippen LogP contribution in [0.15, 0.2) is 36.0 Å². The maximum atomic E-state index is 11.4. The minimum absolute atomic E-state index is 0.0820. The zero-order chi connectivity index (χ0) is 11.7. The first-order valence-corrected chi connectivity index (χ1v) is 5.55. The van der Waals surface area contributed by atoms with Crippen molar-refractivity contribution in [2.45, 2.75) is 0 Å². The van der Waals surface area contributed by atoms with Gasteiger partial charge < -0.3 is 0 Å². The van der Waals surface area contributed by atoms with E-state index < -0.39 is 28.0 Å². The van der Waals surface area contributed by atoms with E-state index in [1.165, 1.54) is 6.08 Å². The zero-order valence-corrected chi connectivity index (χ0v) is 8.82. The topological polar surface area (TPSA) is 80.3 Å². The van der Waals surface area contributed by atoms with Gasteiger partial charge in [0, 0.05) is 17.6 Å². The summed E-state index contributed by atoms with van der Waals surface area (Å²) >= 11 is 0. The minimum Gasteiger partial charge on any atom is -0.289 e. The molecule has 0 spiro atoms. The van der Waals surface area contributed by atoms with Crippen molar-refractivity contribution in [3.8, 4) is 0 Å². The molecule has 1 N–H and O–H groups in total. The lowest BCUT2D eigenvalue weighted by Gasteiger charge is -2.12. The molecule has 1 heterocycles. The Morgan fingerprint density at radius 3 is 2.50 bits per heavy atom. The van der Waals surface area contributed by atoms with Gasteiger partial charge in [0.2, 0.25) is 10.3 Å². The Kier molecular flexibility index (Phi) is 2.57. The molecule has 2 aliphatic rings. The van der Waals surface area contributed by atoms with E-state index in [1.807, 2.05) is 0 Å². The van der Waals surface area contributed by atoms with Crippen LogP contribution >= 0.6 is 0 Å². The second kappa shape index (κ2) is 3.90. The van der Waals surface area contributed by atoms with Crippen LogP contribution in [0.2, 0.25) is 0 Å². The molecule has 2 amide bonds. The average molecular weight is 237 g/mol. The molecule has 82 valence electrons. The number of hydrogen-bond acceptors (Lipinski definition) is 4. The monoisotopic (exact) mass is 237 g/mol. The molecule has 16 heavy (non-hydrogen) atoms. The molecule has 2 rings (SSSR count). The van der Waals surface area contributed by atoms with Crippen molar-refractivity contribution in [2.75, 3.05) is 0 Å². The summed E-state index contributed by atoms with van der Waals surface area (Å²) in [5.74, 6) is -1.73. The molecule has 1 aliphatic carbocycles. The highest BCUT2D eigenvalue weighted by Gasteiger charge is 2.30. The first-order valence-electron chi connectivity index (χ1n) is 4.47. The number of hydrogen-bond donors (Lipinski definition) is 1. The van der Waals surface area contributed by atoms with E-state index in [-0.39, 0.29) is 10.4 Å². The molecule has 0 aromatic carbocycles. The van der Waals surface area contributed by atoms with Gasteiger partial charge in [-0.05, 0) is 6.08 Å². The maximum absolute atomic E-state index is 11.4. The predicted molar refractivity (Wildman–Crippen MR) is 56.9 cm³/mol. The molecule has 1 unspecified atom stereocenters. The Labute approximate surface area is 92.7 Å². The van der Waals surface area contributed by atoms with Gasteiger partial charge in [-0.15, -0.1) is 0 Å². The van der Waals surface area contributed by atoms with Crippen LogP contribution in [0.1, 0.15) is 0 Å². The molecule has 0 fully saturated rings. The van der Waals surface area contributed by atoms with Crippen LogP contribution in [-0.2, 0) is 19.9 Å². The first-order chi connectivity index (χ1) is 7.59. The molecule has 0 radical (unpaired) electrons. The van der Waals surface area contributed by atoms with Gasteiger partial charge in [-0.25, -0.2) is 0 Å². The van der Waals surface area contributed by atoms with E-state index in [2.05, 4.69) is 5.32 Å². The van der Waals surface area contributed by atoms with Gasteiger partial charge in [0.15, 0.2) is 0 Å². The van der Waals surface area contributed by atoms with Gasteiger partial charge in [-0.3, -0.25) is 14.9 Å². The van der Waals surface area contributed by atoms with Crippen LogP contribution in [-0.4, -0.2) is 25.1 Å². The molecule has 0 saturated carbocycles. The summed E-state index contributed by atoms with van der Waals surface area (Å²) < 4.78 is 21.9. The summed E-state index contributed by atoms with van der Waals surface area (Å²) in [5, 5.41) is 2.08. The molecular formula is C10H7NO4S. The SMILES string of the molecule is O=C1C=C(C2C=CC=CC2=S(=O)=O)C(=O)N1. The summed E-state index contributed by atoms with van der Waals surface area (Å²) in [7, 11) is -2.41. The summed E-state index contributed by atoms with van der Waals surface area (Å²) in [5.41, 5.74) is 0.157. The lowest BCUT2D eigenvalue weighted by molar-refractivity contribution is -0.123. The van der Waals surface area contributed by atoms with Crippen LogP contribution in [0.5, 0.6) is 0 Å². The number of imide groups is 1. The van der Waals surface area contributed by atoms with E-state index in [9.17, 15) is 18.0 Å². The molecule has 0 aromatic heterocycles. The molecule has 0 aromatic rings. The number of nitrogens with one attached hydrogen (secondary N) is 1. The summed E-state index contributed by atoms with van der Waals surface area (Å²) in [6, 6.07) is 0. The van der Waals surface area contributed by atoms with E-state index in [1.54, 1.807) is 18.2 Å². The van der Waals surface area contributed by atoms with E-state index in [4.69, 9.17) is 0 Å². The molecule has 6 heteroatoms. The highest BCUT2D eigenvalue weighted by molar-refractivity contribution is 7.73. The molecule has 5 nitrogen and oxygen atoms in total. The van der Waals surface area contributed by atoms with Gasteiger partial charge in [-0.1, -0.05) is 18.2 Å². The van der Waals surface area contributed by atoms with Crippen LogP contribution in [0.4, 0.5) is 0 Å². The summed E-state index contributed by atoms with van der Waals surface area (Å²) in [6.07, 6.45) is 7.30. The van der Waals surface area contributed by atoms with E-state index in [0.29, 0.717) is 0 Å². The highest BCUT2D eigenvalue weighted by atomic mass is 32.2. The largest absolute Gasteiger partial charge is 0.289 e. The Bertz CT molecular complexity index is 584. The van der Waals surface area contributed by atoms with Gasteiger partial charge in [0.25, 0.3) is 11.8 Å². The number of allylic oxidation sites excluding steroid dienone is 4. The number of rotatable bonds is 1. The Hall–Kier alpha value is -1.95. The summed E-state index contributed by atoms with van der Waals surface area (Å²) in [6.45, 7) is 0.